The number of nitrogens with one attached hydrogen (secondary N) is 1. The number of piperazine rings is 1. The first kappa shape index (κ1) is 11.9. The molecule has 0 bridgehead atoms. The Kier molecular flexibility index (Phi) is 4.31. The number of hydrogen-bond donors (Lipinski definition) is 1. The van der Waals surface area contributed by atoms with Crippen LogP contribution in [0.3, 0.4) is 0 Å². The van der Waals surface area contributed by atoms with Crippen molar-refractivity contribution in [3.8, 4) is 0 Å². The van der Waals surface area contributed by atoms with Crippen LogP contribution >= 0.6 is 0 Å². The molecule has 84 valence electrons. The van der Waals surface area contributed by atoms with Crippen LogP contribution in [0.15, 0.2) is 0 Å². The molecule has 1 N–H and O–H groups in total. The van der Waals surface area contributed by atoms with Gasteiger partial charge in [-0.05, 0) is 13.8 Å². The molecule has 1 heterocycles. The Morgan fingerprint density at radius 1 is 1.43 bits per heavy atom. The first-order valence-electron chi connectivity index (χ1n) is 4.91. The van der Waals surface area contributed by atoms with Crippen molar-refractivity contribution in [1.29, 1.82) is 0 Å². The Labute approximate surface area is 85.5 Å². The molecule has 1 aliphatic rings. The molecular formula is C8H18N2O3S. The van der Waals surface area contributed by atoms with E-state index in [1.807, 2.05) is 4.90 Å². The number of rotatable bonds is 4. The molecule has 0 aliphatic carbocycles. The summed E-state index contributed by atoms with van der Waals surface area (Å²) in [5.74, 6) is 0.0312. The van der Waals surface area contributed by atoms with Gasteiger partial charge in [-0.25, -0.2) is 0 Å². The van der Waals surface area contributed by atoms with Gasteiger partial charge >= 0.3 is 0 Å². The van der Waals surface area contributed by atoms with E-state index in [0.29, 0.717) is 0 Å². The van der Waals surface area contributed by atoms with Gasteiger partial charge in [0, 0.05) is 26.2 Å². The van der Waals surface area contributed by atoms with Crippen molar-refractivity contribution in [3.05, 3.63) is 0 Å². The SMILES string of the molecule is CCS(=O)(=O)OC(C)N1CCNCC1. The average Bonchev–Trinajstić information content (AvgIpc) is 2.19. The molecule has 1 rings (SSSR count). The lowest BCUT2D eigenvalue weighted by atomic mass is 10.3. The van der Waals surface area contributed by atoms with Crippen LogP contribution in [0, 0.1) is 0 Å². The van der Waals surface area contributed by atoms with Crippen molar-refractivity contribution < 1.29 is 12.6 Å². The second-order valence-electron chi connectivity index (χ2n) is 3.33. The zero-order valence-corrected chi connectivity index (χ0v) is 9.51. The van der Waals surface area contributed by atoms with Gasteiger partial charge in [-0.3, -0.25) is 9.08 Å². The fraction of sp³-hybridized carbons (Fsp3) is 1.00. The van der Waals surface area contributed by atoms with Crippen LogP contribution in [-0.4, -0.2) is 51.5 Å². The maximum atomic E-state index is 11.2. The summed E-state index contributed by atoms with van der Waals surface area (Å²) < 4.78 is 27.4. The van der Waals surface area contributed by atoms with Crippen molar-refractivity contribution >= 4 is 10.1 Å². The molecule has 1 aliphatic heterocycles. The van der Waals surface area contributed by atoms with Gasteiger partial charge in [0.1, 0.15) is 6.23 Å². The summed E-state index contributed by atoms with van der Waals surface area (Å²) in [5, 5.41) is 3.20. The zero-order chi connectivity index (χ0) is 10.6. The largest absolute Gasteiger partial charge is 0.314 e. The third kappa shape index (κ3) is 3.53. The lowest BCUT2D eigenvalue weighted by molar-refractivity contribution is 0.0364. The summed E-state index contributed by atoms with van der Waals surface area (Å²) in [4.78, 5) is 2.02. The highest BCUT2D eigenvalue weighted by Gasteiger charge is 2.21. The summed E-state index contributed by atoms with van der Waals surface area (Å²) in [5.41, 5.74) is 0. The molecule has 0 aromatic heterocycles. The molecule has 0 aromatic carbocycles. The Hall–Kier alpha value is -0.170. The standard InChI is InChI=1S/C8H18N2O3S/c1-3-14(11,12)13-8(2)10-6-4-9-5-7-10/h8-9H,3-7H2,1-2H3. The third-order valence-electron chi connectivity index (χ3n) is 2.31. The van der Waals surface area contributed by atoms with Gasteiger partial charge in [0.15, 0.2) is 0 Å². The molecular weight excluding hydrogens is 204 g/mol. The molecule has 1 fully saturated rings. The first-order chi connectivity index (χ1) is 6.55. The summed E-state index contributed by atoms with van der Waals surface area (Å²) >= 11 is 0. The highest BCUT2D eigenvalue weighted by Crippen LogP contribution is 2.06. The monoisotopic (exact) mass is 222 g/mol. The van der Waals surface area contributed by atoms with Crippen molar-refractivity contribution in [2.45, 2.75) is 20.1 Å². The summed E-state index contributed by atoms with van der Waals surface area (Å²) in [6.45, 7) is 6.80. The minimum atomic E-state index is -3.33. The van der Waals surface area contributed by atoms with E-state index in [9.17, 15) is 8.42 Å². The van der Waals surface area contributed by atoms with Crippen LogP contribution in [0.4, 0.5) is 0 Å². The van der Waals surface area contributed by atoms with Crippen LogP contribution in [0.1, 0.15) is 13.8 Å². The van der Waals surface area contributed by atoms with Gasteiger partial charge in [-0.15, -0.1) is 0 Å². The predicted octanol–water partition coefficient (Wildman–Crippen LogP) is -0.396. The normalized spacial score (nSPS) is 22.1. The molecule has 0 radical (unpaired) electrons. The van der Waals surface area contributed by atoms with E-state index >= 15 is 0 Å². The second-order valence-corrected chi connectivity index (χ2v) is 5.21. The molecule has 6 heteroatoms. The minimum absolute atomic E-state index is 0.0312. The van der Waals surface area contributed by atoms with Gasteiger partial charge in [0.05, 0.1) is 5.75 Å². The van der Waals surface area contributed by atoms with E-state index in [4.69, 9.17) is 4.18 Å². The molecule has 0 saturated carbocycles. The van der Waals surface area contributed by atoms with E-state index < -0.39 is 10.1 Å². The fourth-order valence-electron chi connectivity index (χ4n) is 1.39. The van der Waals surface area contributed by atoms with Crippen LogP contribution in [0.5, 0.6) is 0 Å². The fourth-order valence-corrected chi connectivity index (χ4v) is 2.07. The number of hydrogen-bond acceptors (Lipinski definition) is 5. The van der Waals surface area contributed by atoms with Crippen LogP contribution in [-0.2, 0) is 14.3 Å². The van der Waals surface area contributed by atoms with Gasteiger partial charge in [0.2, 0.25) is 0 Å². The first-order valence-corrected chi connectivity index (χ1v) is 6.48. The Balaban J connectivity index is 2.44. The third-order valence-corrected chi connectivity index (χ3v) is 3.58. The zero-order valence-electron chi connectivity index (χ0n) is 8.69. The Morgan fingerprint density at radius 3 is 2.50 bits per heavy atom. The van der Waals surface area contributed by atoms with Gasteiger partial charge in [0.25, 0.3) is 10.1 Å². The van der Waals surface area contributed by atoms with E-state index in [2.05, 4.69) is 5.32 Å². The molecule has 0 spiro atoms. The van der Waals surface area contributed by atoms with E-state index in [0.717, 1.165) is 26.2 Å². The quantitative estimate of drug-likeness (QED) is 0.656. The van der Waals surface area contributed by atoms with E-state index in [1.54, 1.807) is 13.8 Å². The van der Waals surface area contributed by atoms with Crippen molar-refractivity contribution in [1.82, 2.24) is 10.2 Å². The van der Waals surface area contributed by atoms with Crippen molar-refractivity contribution in [2.75, 3.05) is 31.9 Å². The number of nitrogens with zero attached hydrogens (tertiary/aromatic N) is 1. The molecule has 5 nitrogen and oxygen atoms in total. The maximum Gasteiger partial charge on any atom is 0.268 e. The van der Waals surface area contributed by atoms with Gasteiger partial charge in [-0.2, -0.15) is 8.42 Å². The molecule has 1 unspecified atom stereocenters. The molecule has 0 amide bonds. The Bertz CT molecular complexity index is 260. The lowest BCUT2D eigenvalue weighted by Crippen LogP contribution is -2.48. The Morgan fingerprint density at radius 2 is 2.00 bits per heavy atom. The van der Waals surface area contributed by atoms with E-state index in [-0.39, 0.29) is 12.0 Å². The van der Waals surface area contributed by atoms with Crippen LogP contribution in [0.25, 0.3) is 0 Å². The molecule has 1 saturated heterocycles. The average molecular weight is 222 g/mol. The summed E-state index contributed by atoms with van der Waals surface area (Å²) in [6, 6.07) is 0. The van der Waals surface area contributed by atoms with Gasteiger partial charge < -0.3 is 5.32 Å². The predicted molar refractivity (Wildman–Crippen MR) is 54.5 cm³/mol. The minimum Gasteiger partial charge on any atom is -0.314 e. The van der Waals surface area contributed by atoms with Crippen molar-refractivity contribution in [3.63, 3.8) is 0 Å². The highest BCUT2D eigenvalue weighted by molar-refractivity contribution is 7.86. The smallest absolute Gasteiger partial charge is 0.268 e. The molecule has 0 aromatic rings. The van der Waals surface area contributed by atoms with Crippen molar-refractivity contribution in [2.24, 2.45) is 0 Å². The highest BCUT2D eigenvalue weighted by atomic mass is 32.2. The summed E-state index contributed by atoms with van der Waals surface area (Å²) in [6.07, 6.45) is -0.345. The topological polar surface area (TPSA) is 58.6 Å². The van der Waals surface area contributed by atoms with E-state index in [1.165, 1.54) is 0 Å². The molecule has 14 heavy (non-hydrogen) atoms. The van der Waals surface area contributed by atoms with Gasteiger partial charge in [-0.1, -0.05) is 0 Å². The van der Waals surface area contributed by atoms with Crippen LogP contribution in [0.2, 0.25) is 0 Å². The van der Waals surface area contributed by atoms with Crippen LogP contribution < -0.4 is 5.32 Å². The maximum absolute atomic E-state index is 11.2. The second kappa shape index (κ2) is 5.06. The molecule has 1 atom stereocenters. The lowest BCUT2D eigenvalue weighted by Gasteiger charge is -2.31. The summed E-state index contributed by atoms with van der Waals surface area (Å²) in [7, 11) is -3.33.